The van der Waals surface area contributed by atoms with Crippen molar-refractivity contribution in [2.75, 3.05) is 32.5 Å². The number of piperidine rings is 2. The molecule has 0 unspecified atom stereocenters. The normalized spacial score (nSPS) is 29.1. The first-order valence-electron chi connectivity index (χ1n) is 9.44. The van der Waals surface area contributed by atoms with E-state index in [0.717, 1.165) is 44.5 Å². The maximum atomic E-state index is 12.3. The molecular weight excluding hydrogens is 372 g/mol. The number of halogens is 1. The van der Waals surface area contributed by atoms with Gasteiger partial charge < -0.3 is 4.74 Å². The van der Waals surface area contributed by atoms with E-state index in [-0.39, 0.29) is 18.4 Å². The van der Waals surface area contributed by atoms with Gasteiger partial charge in [-0.2, -0.15) is 4.31 Å². The van der Waals surface area contributed by atoms with Crippen LogP contribution in [0.25, 0.3) is 0 Å². The minimum atomic E-state index is -3.13. The summed E-state index contributed by atoms with van der Waals surface area (Å²) in [6.45, 7) is 5.46. The quantitative estimate of drug-likeness (QED) is 0.782. The average molecular weight is 401 g/mol. The molecule has 0 saturated carbocycles. The molecule has 0 bridgehead atoms. The highest BCUT2D eigenvalue weighted by atomic mass is 35.5. The van der Waals surface area contributed by atoms with Gasteiger partial charge in [0, 0.05) is 31.7 Å². The van der Waals surface area contributed by atoms with Gasteiger partial charge in [0.15, 0.2) is 0 Å². The minimum Gasteiger partial charge on any atom is -0.494 e. The zero-order valence-electron chi connectivity index (χ0n) is 15.6. The topological polar surface area (TPSA) is 49.9 Å². The van der Waals surface area contributed by atoms with Gasteiger partial charge in [-0.15, -0.1) is 12.4 Å². The predicted molar refractivity (Wildman–Crippen MR) is 106 cm³/mol. The van der Waals surface area contributed by atoms with Crippen molar-refractivity contribution in [1.82, 2.24) is 9.21 Å². The maximum Gasteiger partial charge on any atom is 0.211 e. The van der Waals surface area contributed by atoms with Gasteiger partial charge in [-0.25, -0.2) is 8.42 Å². The third-order valence-electron chi connectivity index (χ3n) is 6.12. The summed E-state index contributed by atoms with van der Waals surface area (Å²) in [5.41, 5.74) is 2.74. The second-order valence-corrected chi connectivity index (χ2v) is 9.57. The number of hydrogen-bond acceptors (Lipinski definition) is 4. The van der Waals surface area contributed by atoms with E-state index in [4.69, 9.17) is 4.74 Å². The van der Waals surface area contributed by atoms with Gasteiger partial charge in [-0.05, 0) is 61.8 Å². The lowest BCUT2D eigenvalue weighted by Gasteiger charge is -2.51. The Hall–Kier alpha value is -0.820. The van der Waals surface area contributed by atoms with Crippen LogP contribution in [0.15, 0.2) is 18.2 Å². The van der Waals surface area contributed by atoms with Crippen LogP contribution in [-0.2, 0) is 16.4 Å². The summed E-state index contributed by atoms with van der Waals surface area (Å²) in [7, 11) is -3.13. The van der Waals surface area contributed by atoms with Crippen LogP contribution in [-0.4, -0.2) is 56.2 Å². The molecule has 4 rings (SSSR count). The number of ether oxygens (including phenoxy) is 1. The van der Waals surface area contributed by atoms with Crippen LogP contribution >= 0.6 is 12.4 Å². The molecule has 0 aromatic heterocycles. The van der Waals surface area contributed by atoms with Crippen LogP contribution in [0.1, 0.15) is 43.4 Å². The first-order valence-corrected chi connectivity index (χ1v) is 11.3. The van der Waals surface area contributed by atoms with E-state index in [9.17, 15) is 8.42 Å². The molecule has 3 aliphatic rings. The zero-order chi connectivity index (χ0) is 17.6. The third kappa shape index (κ3) is 3.61. The molecule has 1 aromatic rings. The van der Waals surface area contributed by atoms with E-state index in [1.165, 1.54) is 17.4 Å². The van der Waals surface area contributed by atoms with E-state index in [1.807, 2.05) is 6.92 Å². The van der Waals surface area contributed by atoms with Crippen molar-refractivity contribution in [3.63, 3.8) is 0 Å². The molecule has 0 radical (unpaired) electrons. The first-order chi connectivity index (χ1) is 12.0. The smallest absolute Gasteiger partial charge is 0.211 e. The molecule has 3 heterocycles. The Bertz CT molecular complexity index is 755. The van der Waals surface area contributed by atoms with Gasteiger partial charge in [0.2, 0.25) is 10.0 Å². The Morgan fingerprint density at radius 2 is 2.08 bits per heavy atom. The Labute approximate surface area is 163 Å². The van der Waals surface area contributed by atoms with Crippen molar-refractivity contribution in [3.8, 4) is 5.75 Å². The van der Waals surface area contributed by atoms with E-state index in [1.54, 1.807) is 4.31 Å². The van der Waals surface area contributed by atoms with Crippen molar-refractivity contribution >= 4 is 22.4 Å². The molecule has 0 spiro atoms. The van der Waals surface area contributed by atoms with Gasteiger partial charge >= 0.3 is 0 Å². The second kappa shape index (κ2) is 7.66. The summed E-state index contributed by atoms with van der Waals surface area (Å²) in [4.78, 5) is 2.58. The Balaban J connectivity index is 0.00000196. The predicted octanol–water partition coefficient (Wildman–Crippen LogP) is 2.85. The van der Waals surface area contributed by atoms with Crippen LogP contribution in [0.2, 0.25) is 0 Å². The van der Waals surface area contributed by atoms with Crippen molar-refractivity contribution in [3.05, 3.63) is 29.3 Å². The van der Waals surface area contributed by atoms with Crippen molar-refractivity contribution in [2.45, 2.75) is 44.7 Å². The molecule has 5 nitrogen and oxygen atoms in total. The van der Waals surface area contributed by atoms with E-state index in [0.29, 0.717) is 25.1 Å². The summed E-state index contributed by atoms with van der Waals surface area (Å²) in [6, 6.07) is 6.93. The van der Waals surface area contributed by atoms with E-state index < -0.39 is 10.0 Å². The van der Waals surface area contributed by atoms with Gasteiger partial charge in [0.1, 0.15) is 5.75 Å². The first kappa shape index (κ1) is 19.9. The van der Waals surface area contributed by atoms with Crippen molar-refractivity contribution in [2.24, 2.45) is 5.92 Å². The molecule has 0 aliphatic carbocycles. The molecular formula is C19H29ClN2O3S. The lowest BCUT2D eigenvalue weighted by molar-refractivity contribution is 0.0222. The lowest BCUT2D eigenvalue weighted by atomic mass is 9.77. The molecule has 146 valence electrons. The molecule has 3 atom stereocenters. The van der Waals surface area contributed by atoms with Crippen LogP contribution in [0.3, 0.4) is 0 Å². The second-order valence-electron chi connectivity index (χ2n) is 7.63. The van der Waals surface area contributed by atoms with Gasteiger partial charge in [0.05, 0.1) is 12.9 Å². The number of hydrogen-bond donors (Lipinski definition) is 0. The number of rotatable bonds is 3. The van der Waals surface area contributed by atoms with Crippen LogP contribution in [0.4, 0.5) is 0 Å². The SMILES string of the molecule is CCOc1ccc2c(c1)CCN1C[C@H]3CCCN(S(C)(=O)=O)[C@H]3C[C@H]21.Cl. The van der Waals surface area contributed by atoms with Crippen molar-refractivity contribution < 1.29 is 13.2 Å². The molecule has 3 aliphatic heterocycles. The Kier molecular flexibility index (Phi) is 5.87. The number of fused-ring (bicyclic) bond motifs is 4. The largest absolute Gasteiger partial charge is 0.494 e. The molecule has 0 N–H and O–H groups in total. The summed E-state index contributed by atoms with van der Waals surface area (Å²) in [6.07, 6.45) is 5.47. The standard InChI is InChI=1S/C19H28N2O3S.ClH/c1-3-24-16-6-7-17-14(11-16)8-10-20-13-15-5-4-9-21(25(2,22)23)18(15)12-19(17)20;/h6-7,11,15,18-19H,3-5,8-10,12-13H2,1-2H3;1H/t15-,18+,19-;/m1./s1. The van der Waals surface area contributed by atoms with E-state index in [2.05, 4.69) is 23.1 Å². The highest BCUT2D eigenvalue weighted by molar-refractivity contribution is 7.88. The zero-order valence-corrected chi connectivity index (χ0v) is 17.2. The van der Waals surface area contributed by atoms with Gasteiger partial charge in [-0.3, -0.25) is 4.90 Å². The summed E-state index contributed by atoms with van der Waals surface area (Å²) in [5, 5.41) is 0. The lowest BCUT2D eigenvalue weighted by Crippen LogP contribution is -2.57. The van der Waals surface area contributed by atoms with Crippen LogP contribution in [0, 0.1) is 5.92 Å². The van der Waals surface area contributed by atoms with Crippen molar-refractivity contribution in [1.29, 1.82) is 0 Å². The summed E-state index contributed by atoms with van der Waals surface area (Å²) in [5.74, 6) is 1.42. The molecule has 7 heteroatoms. The van der Waals surface area contributed by atoms with E-state index >= 15 is 0 Å². The van der Waals surface area contributed by atoms with Crippen LogP contribution < -0.4 is 4.74 Å². The van der Waals surface area contributed by atoms with Gasteiger partial charge in [0.25, 0.3) is 0 Å². The third-order valence-corrected chi connectivity index (χ3v) is 7.43. The fraction of sp³-hybridized carbons (Fsp3) is 0.684. The fourth-order valence-electron chi connectivity index (χ4n) is 5.06. The maximum absolute atomic E-state index is 12.3. The number of sulfonamides is 1. The molecule has 2 fully saturated rings. The number of benzene rings is 1. The fourth-order valence-corrected chi connectivity index (χ4v) is 6.27. The average Bonchev–Trinajstić information content (AvgIpc) is 2.58. The number of nitrogens with zero attached hydrogens (tertiary/aromatic N) is 2. The molecule has 0 amide bonds. The molecule has 26 heavy (non-hydrogen) atoms. The summed E-state index contributed by atoms with van der Waals surface area (Å²) >= 11 is 0. The summed E-state index contributed by atoms with van der Waals surface area (Å²) < 4.78 is 32.0. The highest BCUT2D eigenvalue weighted by Crippen LogP contribution is 2.43. The Morgan fingerprint density at radius 3 is 2.81 bits per heavy atom. The molecule has 2 saturated heterocycles. The molecule has 1 aromatic carbocycles. The Morgan fingerprint density at radius 1 is 1.27 bits per heavy atom. The van der Waals surface area contributed by atoms with Crippen LogP contribution in [0.5, 0.6) is 5.75 Å². The van der Waals surface area contributed by atoms with Gasteiger partial charge in [-0.1, -0.05) is 6.07 Å². The minimum absolute atomic E-state index is 0. The highest BCUT2D eigenvalue weighted by Gasteiger charge is 2.44. The monoisotopic (exact) mass is 400 g/mol.